The first kappa shape index (κ1) is 22.9. The van der Waals surface area contributed by atoms with Crippen LogP contribution in [0.25, 0.3) is 0 Å². The van der Waals surface area contributed by atoms with E-state index in [0.717, 1.165) is 12.5 Å². The molecule has 0 bridgehead atoms. The topological polar surface area (TPSA) is 101 Å². The van der Waals surface area contributed by atoms with E-state index in [0.29, 0.717) is 24.9 Å². The fraction of sp³-hybridized carbons (Fsp3) is 0.833. The molecule has 0 radical (unpaired) electrons. The minimum Gasteiger partial charge on any atom is -0.478 e. The molecular weight excluding hydrogens is 396 g/mol. The fourth-order valence-electron chi connectivity index (χ4n) is 3.39. The molecule has 1 aliphatic carbocycles. The molecule has 1 amide bonds. The molecule has 0 aromatic rings. The molecule has 0 spiro atoms. The van der Waals surface area contributed by atoms with Crippen LogP contribution in [0.3, 0.4) is 0 Å². The van der Waals surface area contributed by atoms with Crippen LogP contribution in [0.4, 0.5) is 4.79 Å². The minimum absolute atomic E-state index is 0.0539. The number of hydrogen-bond donors (Lipinski definition) is 2. The number of rotatable bonds is 8. The third-order valence-corrected chi connectivity index (χ3v) is 7.35. The summed E-state index contributed by atoms with van der Waals surface area (Å²) < 4.78 is 29.9. The highest BCUT2D eigenvalue weighted by Crippen LogP contribution is 2.27. The second-order valence-electron chi connectivity index (χ2n) is 8.68. The van der Waals surface area contributed by atoms with Gasteiger partial charge in [0, 0.05) is 20.7 Å². The van der Waals surface area contributed by atoms with E-state index in [1.54, 1.807) is 0 Å². The molecule has 0 aromatic carbocycles. The van der Waals surface area contributed by atoms with Gasteiger partial charge in [0.2, 0.25) is 5.84 Å². The van der Waals surface area contributed by atoms with Crippen molar-refractivity contribution >= 4 is 37.1 Å². The van der Waals surface area contributed by atoms with Gasteiger partial charge in [-0.15, -0.1) is 8.80 Å². The number of carbonyl (C=O) groups excluding carboxylic acids is 1. The number of ether oxygens (including phenoxy) is 2. The van der Waals surface area contributed by atoms with Crippen LogP contribution in [-0.2, 0) is 20.6 Å². The summed E-state index contributed by atoms with van der Waals surface area (Å²) in [5.41, 5.74) is 0. The van der Waals surface area contributed by atoms with Gasteiger partial charge in [0.05, 0.1) is 13.7 Å². The molecule has 1 fully saturated rings. The maximum atomic E-state index is 12.1. The Kier molecular flexibility index (Phi) is 8.93. The Balaban J connectivity index is 1.88. The summed E-state index contributed by atoms with van der Waals surface area (Å²) in [6.45, 7) is 7.61. The molecule has 2 atom stereocenters. The average Bonchev–Trinajstić information content (AvgIpc) is 2.99. The highest BCUT2D eigenvalue weighted by molar-refractivity contribution is 7.83. The maximum Gasteiger partial charge on any atom is 0.407 e. The molecule has 1 aliphatic heterocycles. The van der Waals surface area contributed by atoms with Gasteiger partial charge in [-0.2, -0.15) is 0 Å². The zero-order valence-corrected chi connectivity index (χ0v) is 19.3. The molecule has 28 heavy (non-hydrogen) atoms. The maximum absolute atomic E-state index is 12.1. The predicted molar refractivity (Wildman–Crippen MR) is 116 cm³/mol. The molecule has 1 saturated carbocycles. The van der Waals surface area contributed by atoms with E-state index in [2.05, 4.69) is 39.1 Å². The number of methoxy groups -OCH3 is 1. The van der Waals surface area contributed by atoms with E-state index < -0.39 is 25.3 Å². The van der Waals surface area contributed by atoms with Crippen LogP contribution >= 0.6 is 0 Å². The first-order valence-corrected chi connectivity index (χ1v) is 14.8. The summed E-state index contributed by atoms with van der Waals surface area (Å²) in [5, 5.41) is 6.12. The van der Waals surface area contributed by atoms with Crippen LogP contribution in [0.15, 0.2) is 8.80 Å². The van der Waals surface area contributed by atoms with Crippen LogP contribution in [0.1, 0.15) is 38.5 Å². The number of nitrogens with one attached hydrogen (secondary N) is 2. The van der Waals surface area contributed by atoms with E-state index in [1.165, 1.54) is 39.2 Å². The molecule has 2 rings (SSSR count). The quantitative estimate of drug-likeness (QED) is 0.576. The number of amides is 1. The first-order chi connectivity index (χ1) is 13.3. The van der Waals surface area contributed by atoms with Gasteiger partial charge in [-0.1, -0.05) is 51.7 Å². The Morgan fingerprint density at radius 3 is 2.61 bits per heavy atom. The Labute approximate surface area is 171 Å². The van der Waals surface area contributed by atoms with Crippen LogP contribution < -0.4 is 10.6 Å². The van der Waals surface area contributed by atoms with Gasteiger partial charge in [0.1, 0.15) is 0 Å². The lowest BCUT2D eigenvalue weighted by molar-refractivity contribution is 0.150. The van der Waals surface area contributed by atoms with Gasteiger partial charge in [-0.05, 0) is 18.4 Å². The lowest BCUT2D eigenvalue weighted by atomic mass is 9.85. The van der Waals surface area contributed by atoms with Crippen LogP contribution in [0.5, 0.6) is 0 Å². The van der Waals surface area contributed by atoms with Crippen molar-refractivity contribution in [3.05, 3.63) is 0 Å². The van der Waals surface area contributed by atoms with Crippen LogP contribution in [0, 0.1) is 5.92 Å². The minimum atomic E-state index is -1.65. The summed E-state index contributed by atoms with van der Waals surface area (Å²) in [6, 6.07) is 0.891. The van der Waals surface area contributed by atoms with Crippen molar-refractivity contribution in [1.82, 2.24) is 10.6 Å². The van der Waals surface area contributed by atoms with Crippen molar-refractivity contribution in [2.24, 2.45) is 14.7 Å². The van der Waals surface area contributed by atoms with Crippen molar-refractivity contribution in [2.45, 2.75) is 70.3 Å². The Morgan fingerprint density at radius 1 is 1.25 bits per heavy atom. The third-order valence-electron chi connectivity index (χ3n) is 4.99. The number of alkyl carbamates (subject to hydrolysis) is 1. The lowest BCUT2D eigenvalue weighted by Gasteiger charge is -2.27. The number of amidine groups is 1. The van der Waals surface area contributed by atoms with Crippen molar-refractivity contribution in [2.75, 3.05) is 20.3 Å². The van der Waals surface area contributed by atoms with Gasteiger partial charge in [-0.3, -0.25) is 0 Å². The molecule has 1 heterocycles. The SMILES string of the molecule is COC1=NS(=O)N=C1N[C@H](CNC(=O)OCC[Si](C)(C)C)CC1CCCCC1. The van der Waals surface area contributed by atoms with Crippen molar-refractivity contribution < 1.29 is 18.5 Å². The second kappa shape index (κ2) is 10.9. The van der Waals surface area contributed by atoms with Crippen LogP contribution in [-0.4, -0.2) is 56.4 Å². The van der Waals surface area contributed by atoms with E-state index in [4.69, 9.17) is 9.47 Å². The molecule has 2 aliphatic rings. The summed E-state index contributed by atoms with van der Waals surface area (Å²) in [7, 11) is 0.245. The van der Waals surface area contributed by atoms with E-state index in [1.807, 2.05) is 0 Å². The number of nitrogens with zero attached hydrogens (tertiary/aromatic N) is 2. The fourth-order valence-corrected chi connectivity index (χ4v) is 4.74. The Morgan fingerprint density at radius 2 is 1.96 bits per heavy atom. The number of hydrogen-bond acceptors (Lipinski definition) is 5. The van der Waals surface area contributed by atoms with E-state index in [-0.39, 0.29) is 11.9 Å². The van der Waals surface area contributed by atoms with Crippen molar-refractivity contribution in [3.8, 4) is 0 Å². The van der Waals surface area contributed by atoms with Gasteiger partial charge >= 0.3 is 6.09 Å². The van der Waals surface area contributed by atoms with Gasteiger partial charge < -0.3 is 20.1 Å². The lowest BCUT2D eigenvalue weighted by Crippen LogP contribution is -2.47. The highest BCUT2D eigenvalue weighted by Gasteiger charge is 2.26. The molecule has 0 saturated heterocycles. The van der Waals surface area contributed by atoms with E-state index >= 15 is 0 Å². The zero-order valence-electron chi connectivity index (χ0n) is 17.5. The van der Waals surface area contributed by atoms with Crippen LogP contribution in [0.2, 0.25) is 25.7 Å². The van der Waals surface area contributed by atoms with Crippen molar-refractivity contribution in [1.29, 1.82) is 0 Å². The third kappa shape index (κ3) is 8.30. The molecule has 0 aromatic heterocycles. The summed E-state index contributed by atoms with van der Waals surface area (Å²) >= 11 is -1.65. The van der Waals surface area contributed by atoms with Gasteiger partial charge in [0.15, 0.2) is 0 Å². The van der Waals surface area contributed by atoms with E-state index in [9.17, 15) is 9.00 Å². The Bertz CT molecular complexity index is 615. The largest absolute Gasteiger partial charge is 0.478 e. The summed E-state index contributed by atoms with van der Waals surface area (Å²) in [5.74, 6) is 1.23. The zero-order chi connectivity index (χ0) is 20.6. The smallest absolute Gasteiger partial charge is 0.407 e. The monoisotopic (exact) mass is 430 g/mol. The molecule has 1 unspecified atom stereocenters. The van der Waals surface area contributed by atoms with Gasteiger partial charge in [0.25, 0.3) is 17.1 Å². The number of carbonyl (C=O) groups is 1. The highest BCUT2D eigenvalue weighted by atomic mass is 32.2. The molecule has 10 heteroatoms. The molecule has 8 nitrogen and oxygen atoms in total. The molecular formula is C18H34N4O4SSi. The Hall–Kier alpha value is -1.42. The predicted octanol–water partition coefficient (Wildman–Crippen LogP) is 3.02. The molecule has 160 valence electrons. The van der Waals surface area contributed by atoms with Gasteiger partial charge in [-0.25, -0.2) is 9.00 Å². The normalized spacial score (nSPS) is 21.5. The summed E-state index contributed by atoms with van der Waals surface area (Å²) in [6.07, 6.45) is 6.69. The average molecular weight is 431 g/mol. The second-order valence-corrected chi connectivity index (χ2v) is 15.1. The first-order valence-electron chi connectivity index (χ1n) is 10.1. The molecule has 2 N–H and O–H groups in total. The van der Waals surface area contributed by atoms with Crippen molar-refractivity contribution in [3.63, 3.8) is 0 Å². The standard InChI is InChI=1S/C18H34N4O4SSi/c1-25-17-16(21-27(24)22-17)20-15(12-14-8-6-5-7-9-14)13-19-18(23)26-10-11-28(2,3)4/h14-15H,5-13H2,1-4H3,(H,19,23)(H,20,21)/t15-,27?/m0/s1. The summed E-state index contributed by atoms with van der Waals surface area (Å²) in [4.78, 5) is 12.1.